The highest BCUT2D eigenvalue weighted by Crippen LogP contribution is 2.34. The number of nitrogens with zero attached hydrogens (tertiary/aromatic N) is 2. The summed E-state index contributed by atoms with van der Waals surface area (Å²) in [5.74, 6) is 1.90. The zero-order valence-corrected chi connectivity index (χ0v) is 17.5. The fourth-order valence-corrected chi connectivity index (χ4v) is 4.26. The molecule has 5 nitrogen and oxygen atoms in total. The smallest absolute Gasteiger partial charge is 0.223 e. The minimum Gasteiger partial charge on any atom is -0.493 e. The lowest BCUT2D eigenvalue weighted by molar-refractivity contribution is -0.135. The van der Waals surface area contributed by atoms with Crippen molar-refractivity contribution >= 4 is 5.91 Å². The summed E-state index contributed by atoms with van der Waals surface area (Å²) in [6, 6.07) is 4.68. The number of methoxy groups -OCH3 is 2. The molecule has 3 rings (SSSR count). The van der Waals surface area contributed by atoms with Crippen LogP contribution in [0.15, 0.2) is 12.1 Å². The van der Waals surface area contributed by atoms with Crippen LogP contribution >= 0.6 is 0 Å². The molecule has 1 fully saturated rings. The predicted molar refractivity (Wildman–Crippen MR) is 107 cm³/mol. The van der Waals surface area contributed by atoms with E-state index in [9.17, 15) is 4.79 Å². The molecule has 150 valence electrons. The van der Waals surface area contributed by atoms with Crippen LogP contribution < -0.4 is 9.47 Å². The molecule has 0 spiro atoms. The average Bonchev–Trinajstić information content (AvgIpc) is 2.65. The summed E-state index contributed by atoms with van der Waals surface area (Å²) in [5, 5.41) is 0. The van der Waals surface area contributed by atoms with E-state index in [0.29, 0.717) is 18.4 Å². The Morgan fingerprint density at radius 1 is 1.11 bits per heavy atom. The van der Waals surface area contributed by atoms with Crippen LogP contribution in [0.25, 0.3) is 0 Å². The number of hydrogen-bond donors (Lipinski definition) is 0. The van der Waals surface area contributed by atoms with Crippen molar-refractivity contribution in [3.8, 4) is 11.5 Å². The van der Waals surface area contributed by atoms with Crippen molar-refractivity contribution in [1.82, 2.24) is 9.80 Å². The van der Waals surface area contributed by atoms with Crippen molar-refractivity contribution in [2.75, 3.05) is 33.9 Å². The maximum Gasteiger partial charge on any atom is 0.223 e. The number of piperidine rings is 1. The number of carbonyl (C=O) groups is 1. The first kappa shape index (κ1) is 20.0. The van der Waals surface area contributed by atoms with Crippen LogP contribution in [0.4, 0.5) is 0 Å². The van der Waals surface area contributed by atoms with Gasteiger partial charge < -0.3 is 14.4 Å². The SMILES string of the molecule is COc1cc2c(cc1OC)CN(C1CCCN(C(=O)CC(C)(C)C)C1)CC2. The molecule has 1 unspecified atom stereocenters. The molecule has 2 aliphatic heterocycles. The van der Waals surface area contributed by atoms with Crippen LogP contribution in [-0.2, 0) is 17.8 Å². The van der Waals surface area contributed by atoms with Crippen molar-refractivity contribution in [2.24, 2.45) is 5.41 Å². The first-order chi connectivity index (χ1) is 12.8. The lowest BCUT2D eigenvalue weighted by Crippen LogP contribution is -2.51. The molecule has 1 amide bonds. The minimum atomic E-state index is 0.0453. The summed E-state index contributed by atoms with van der Waals surface area (Å²) in [5.41, 5.74) is 2.71. The van der Waals surface area contributed by atoms with Gasteiger partial charge in [0.15, 0.2) is 11.5 Å². The van der Waals surface area contributed by atoms with E-state index in [1.54, 1.807) is 14.2 Å². The van der Waals surface area contributed by atoms with Crippen molar-refractivity contribution in [3.05, 3.63) is 23.3 Å². The van der Waals surface area contributed by atoms with E-state index in [1.807, 2.05) is 0 Å². The number of fused-ring (bicyclic) bond motifs is 1. The fraction of sp³-hybridized carbons (Fsp3) is 0.682. The Morgan fingerprint density at radius 2 is 1.78 bits per heavy atom. The standard InChI is InChI=1S/C22H34N2O3/c1-22(2,3)13-21(25)24-9-6-7-18(15-24)23-10-8-16-11-19(26-4)20(27-5)12-17(16)14-23/h11-12,18H,6-10,13-15H2,1-5H3. The van der Waals surface area contributed by atoms with Gasteiger partial charge in [-0.2, -0.15) is 0 Å². The van der Waals surface area contributed by atoms with Gasteiger partial charge in [0.1, 0.15) is 0 Å². The second-order valence-corrected chi connectivity index (χ2v) is 9.07. The van der Waals surface area contributed by atoms with Crippen LogP contribution in [0.3, 0.4) is 0 Å². The van der Waals surface area contributed by atoms with Crippen molar-refractivity contribution < 1.29 is 14.3 Å². The number of likely N-dealkylation sites (tertiary alicyclic amines) is 1. The molecule has 1 aromatic rings. The third-order valence-corrected chi connectivity index (χ3v) is 5.69. The van der Waals surface area contributed by atoms with Gasteiger partial charge in [0.25, 0.3) is 0 Å². The summed E-state index contributed by atoms with van der Waals surface area (Å²) in [4.78, 5) is 17.3. The lowest BCUT2D eigenvalue weighted by atomic mass is 9.90. The summed E-state index contributed by atoms with van der Waals surface area (Å²) in [6.45, 7) is 10.1. The molecule has 5 heteroatoms. The molecular weight excluding hydrogens is 340 g/mol. The topological polar surface area (TPSA) is 42.0 Å². The molecule has 2 heterocycles. The fourth-order valence-electron chi connectivity index (χ4n) is 4.26. The van der Waals surface area contributed by atoms with Gasteiger partial charge in [0.05, 0.1) is 14.2 Å². The summed E-state index contributed by atoms with van der Waals surface area (Å²) >= 11 is 0. The Hall–Kier alpha value is -1.75. The molecule has 0 saturated carbocycles. The zero-order chi connectivity index (χ0) is 19.6. The van der Waals surface area contributed by atoms with Gasteiger partial charge in [-0.05, 0) is 47.9 Å². The van der Waals surface area contributed by atoms with E-state index in [0.717, 1.165) is 50.5 Å². The van der Waals surface area contributed by atoms with Gasteiger partial charge in [-0.15, -0.1) is 0 Å². The van der Waals surface area contributed by atoms with Gasteiger partial charge in [-0.1, -0.05) is 20.8 Å². The summed E-state index contributed by atoms with van der Waals surface area (Å²) < 4.78 is 10.9. The van der Waals surface area contributed by atoms with E-state index in [2.05, 4.69) is 42.7 Å². The van der Waals surface area contributed by atoms with Gasteiger partial charge in [-0.25, -0.2) is 0 Å². The molecule has 1 saturated heterocycles. The Morgan fingerprint density at radius 3 is 2.41 bits per heavy atom. The molecule has 0 aliphatic carbocycles. The van der Waals surface area contributed by atoms with Crippen LogP contribution in [0.5, 0.6) is 11.5 Å². The molecule has 0 bridgehead atoms. The molecule has 2 aliphatic rings. The second-order valence-electron chi connectivity index (χ2n) is 9.07. The predicted octanol–water partition coefficient (Wildman–Crippen LogP) is 3.49. The van der Waals surface area contributed by atoms with Gasteiger partial charge in [0.2, 0.25) is 5.91 Å². The number of ether oxygens (including phenoxy) is 2. The zero-order valence-electron chi connectivity index (χ0n) is 17.5. The average molecular weight is 375 g/mol. The van der Waals surface area contributed by atoms with E-state index in [1.165, 1.54) is 17.5 Å². The number of hydrogen-bond acceptors (Lipinski definition) is 4. The van der Waals surface area contributed by atoms with E-state index in [4.69, 9.17) is 9.47 Å². The van der Waals surface area contributed by atoms with Crippen LogP contribution in [0.2, 0.25) is 0 Å². The van der Waals surface area contributed by atoms with Crippen LogP contribution in [-0.4, -0.2) is 55.6 Å². The molecular formula is C22H34N2O3. The quantitative estimate of drug-likeness (QED) is 0.809. The Bertz CT molecular complexity index is 681. The number of carbonyl (C=O) groups excluding carboxylic acids is 1. The molecule has 0 radical (unpaired) electrons. The highest BCUT2D eigenvalue weighted by atomic mass is 16.5. The molecule has 0 aromatic heterocycles. The van der Waals surface area contributed by atoms with Gasteiger partial charge in [0, 0.05) is 38.6 Å². The number of benzene rings is 1. The summed E-state index contributed by atoms with van der Waals surface area (Å²) in [6.07, 6.45) is 3.90. The number of amides is 1. The first-order valence-electron chi connectivity index (χ1n) is 10.1. The number of rotatable bonds is 4. The highest BCUT2D eigenvalue weighted by molar-refractivity contribution is 5.77. The lowest BCUT2D eigenvalue weighted by Gasteiger charge is -2.42. The van der Waals surface area contributed by atoms with Crippen LogP contribution in [0.1, 0.15) is 51.2 Å². The van der Waals surface area contributed by atoms with E-state index >= 15 is 0 Å². The van der Waals surface area contributed by atoms with Crippen molar-refractivity contribution in [2.45, 2.75) is 59.0 Å². The molecule has 1 aromatic carbocycles. The normalized spacial score (nSPS) is 20.9. The molecule has 27 heavy (non-hydrogen) atoms. The van der Waals surface area contributed by atoms with Crippen molar-refractivity contribution in [3.63, 3.8) is 0 Å². The van der Waals surface area contributed by atoms with Crippen LogP contribution in [0, 0.1) is 5.41 Å². The second kappa shape index (κ2) is 8.09. The third kappa shape index (κ3) is 4.75. The Kier molecular flexibility index (Phi) is 5.99. The highest BCUT2D eigenvalue weighted by Gasteiger charge is 2.31. The monoisotopic (exact) mass is 374 g/mol. The van der Waals surface area contributed by atoms with Gasteiger partial charge in [-0.3, -0.25) is 9.69 Å². The molecule has 0 N–H and O–H groups in total. The Balaban J connectivity index is 1.68. The largest absolute Gasteiger partial charge is 0.493 e. The third-order valence-electron chi connectivity index (χ3n) is 5.69. The van der Waals surface area contributed by atoms with Gasteiger partial charge >= 0.3 is 0 Å². The van der Waals surface area contributed by atoms with E-state index < -0.39 is 0 Å². The maximum absolute atomic E-state index is 12.7. The Labute approximate surface area is 163 Å². The summed E-state index contributed by atoms with van der Waals surface area (Å²) in [7, 11) is 3.37. The van der Waals surface area contributed by atoms with E-state index in [-0.39, 0.29) is 5.41 Å². The minimum absolute atomic E-state index is 0.0453. The first-order valence-corrected chi connectivity index (χ1v) is 10.1. The maximum atomic E-state index is 12.7. The van der Waals surface area contributed by atoms with Crippen molar-refractivity contribution in [1.29, 1.82) is 0 Å². The molecule has 1 atom stereocenters.